The van der Waals surface area contributed by atoms with E-state index < -0.39 is 5.38 Å². The van der Waals surface area contributed by atoms with Crippen LogP contribution in [0.15, 0.2) is 24.3 Å². The number of alkyl halides is 1. The van der Waals surface area contributed by atoms with Crippen LogP contribution in [0, 0.1) is 5.82 Å². The van der Waals surface area contributed by atoms with Crippen LogP contribution in [0.25, 0.3) is 0 Å². The van der Waals surface area contributed by atoms with Crippen LogP contribution in [0.3, 0.4) is 0 Å². The van der Waals surface area contributed by atoms with Crippen LogP contribution < -0.4 is 5.32 Å². The molecular weight excluding hydrogens is 217 g/mol. The number of carbonyl (C=O) groups is 1. The largest absolute Gasteiger partial charge is 0.354 e. The highest BCUT2D eigenvalue weighted by Crippen LogP contribution is 2.03. The molecule has 2 nitrogen and oxygen atoms in total. The van der Waals surface area contributed by atoms with E-state index in [2.05, 4.69) is 5.32 Å². The fourth-order valence-electron chi connectivity index (χ4n) is 1.16. The maximum Gasteiger partial charge on any atom is 0.237 e. The second-order valence-corrected chi connectivity index (χ2v) is 3.94. The lowest BCUT2D eigenvalue weighted by Gasteiger charge is -2.06. The van der Waals surface area contributed by atoms with Gasteiger partial charge in [0.1, 0.15) is 11.2 Å². The molecule has 82 valence electrons. The number of carbonyl (C=O) groups excluding carboxylic acids is 1. The zero-order chi connectivity index (χ0) is 11.3. The third-order valence-corrected chi connectivity index (χ3v) is 2.16. The monoisotopic (exact) mass is 229 g/mol. The van der Waals surface area contributed by atoms with Crippen LogP contribution in [-0.2, 0) is 11.2 Å². The highest BCUT2D eigenvalue weighted by Gasteiger charge is 2.07. The van der Waals surface area contributed by atoms with Crippen molar-refractivity contribution in [3.63, 3.8) is 0 Å². The van der Waals surface area contributed by atoms with Crippen LogP contribution in [0.4, 0.5) is 4.39 Å². The van der Waals surface area contributed by atoms with Gasteiger partial charge in [0.2, 0.25) is 5.91 Å². The van der Waals surface area contributed by atoms with E-state index in [1.54, 1.807) is 13.0 Å². The van der Waals surface area contributed by atoms with Crippen molar-refractivity contribution in [1.29, 1.82) is 0 Å². The lowest BCUT2D eigenvalue weighted by molar-refractivity contribution is -0.120. The summed E-state index contributed by atoms with van der Waals surface area (Å²) in [5, 5.41) is 2.13. The first-order chi connectivity index (χ1) is 7.09. The summed E-state index contributed by atoms with van der Waals surface area (Å²) in [4.78, 5) is 11.1. The zero-order valence-corrected chi connectivity index (χ0v) is 9.22. The maximum atomic E-state index is 12.8. The van der Waals surface area contributed by atoms with E-state index in [9.17, 15) is 9.18 Å². The molecule has 1 rings (SSSR count). The van der Waals surface area contributed by atoms with Gasteiger partial charge in [-0.2, -0.15) is 0 Å². The lowest BCUT2D eigenvalue weighted by Crippen LogP contribution is -2.31. The highest BCUT2D eigenvalue weighted by molar-refractivity contribution is 6.30. The van der Waals surface area contributed by atoms with Gasteiger partial charge in [0, 0.05) is 6.54 Å². The molecule has 0 saturated carbocycles. The SMILES string of the molecule is CC(Cl)C(=O)NCCc1cccc(F)c1. The number of halogens is 2. The van der Waals surface area contributed by atoms with Gasteiger partial charge in [0.15, 0.2) is 0 Å². The standard InChI is InChI=1S/C11H13ClFNO/c1-8(12)11(15)14-6-5-9-3-2-4-10(13)7-9/h2-4,7-8H,5-6H2,1H3,(H,14,15). The van der Waals surface area contributed by atoms with Gasteiger partial charge in [-0.05, 0) is 31.0 Å². The molecule has 4 heteroatoms. The maximum absolute atomic E-state index is 12.8. The van der Waals surface area contributed by atoms with Crippen molar-refractivity contribution < 1.29 is 9.18 Å². The second kappa shape index (κ2) is 5.71. The average Bonchev–Trinajstić information content (AvgIpc) is 2.17. The Bertz CT molecular complexity index is 341. The van der Waals surface area contributed by atoms with Crippen LogP contribution in [0.5, 0.6) is 0 Å². The fourth-order valence-corrected chi connectivity index (χ4v) is 1.24. The summed E-state index contributed by atoms with van der Waals surface area (Å²) in [5.74, 6) is -0.461. The van der Waals surface area contributed by atoms with Crippen molar-refractivity contribution in [2.75, 3.05) is 6.54 Å². The summed E-state index contributed by atoms with van der Waals surface area (Å²) in [6.45, 7) is 2.08. The van der Waals surface area contributed by atoms with Gasteiger partial charge in [-0.1, -0.05) is 12.1 Å². The Hall–Kier alpha value is -1.09. The van der Waals surface area contributed by atoms with Crippen LogP contribution in [0.1, 0.15) is 12.5 Å². The van der Waals surface area contributed by atoms with Crippen LogP contribution in [0.2, 0.25) is 0 Å². The van der Waals surface area contributed by atoms with Crippen molar-refractivity contribution >= 4 is 17.5 Å². The number of benzene rings is 1. The molecule has 1 N–H and O–H groups in total. The smallest absolute Gasteiger partial charge is 0.237 e. The van der Waals surface area contributed by atoms with E-state index >= 15 is 0 Å². The van der Waals surface area contributed by atoms with E-state index in [0.29, 0.717) is 13.0 Å². The molecule has 1 aromatic carbocycles. The molecule has 0 fully saturated rings. The molecule has 0 spiro atoms. The summed E-state index contributed by atoms with van der Waals surface area (Å²) in [6, 6.07) is 6.31. The predicted octanol–water partition coefficient (Wildman–Crippen LogP) is 2.11. The van der Waals surface area contributed by atoms with Crippen molar-refractivity contribution in [3.05, 3.63) is 35.6 Å². The Balaban J connectivity index is 2.35. The topological polar surface area (TPSA) is 29.1 Å². The molecule has 0 aromatic heterocycles. The first-order valence-electron chi connectivity index (χ1n) is 4.76. The fraction of sp³-hybridized carbons (Fsp3) is 0.364. The van der Waals surface area contributed by atoms with Crippen LogP contribution in [-0.4, -0.2) is 17.8 Å². The van der Waals surface area contributed by atoms with E-state index in [1.165, 1.54) is 12.1 Å². The van der Waals surface area contributed by atoms with Gasteiger partial charge in [-0.25, -0.2) is 4.39 Å². The minimum atomic E-state index is -0.530. The van der Waals surface area contributed by atoms with E-state index in [-0.39, 0.29) is 11.7 Å². The van der Waals surface area contributed by atoms with Crippen molar-refractivity contribution in [1.82, 2.24) is 5.32 Å². The highest BCUT2D eigenvalue weighted by atomic mass is 35.5. The van der Waals surface area contributed by atoms with Gasteiger partial charge >= 0.3 is 0 Å². The number of hydrogen-bond donors (Lipinski definition) is 1. The molecule has 1 atom stereocenters. The Morgan fingerprint density at radius 1 is 1.60 bits per heavy atom. The van der Waals surface area contributed by atoms with Crippen molar-refractivity contribution in [2.24, 2.45) is 0 Å². The molecule has 1 amide bonds. The van der Waals surface area contributed by atoms with Crippen LogP contribution >= 0.6 is 11.6 Å². The number of nitrogens with one attached hydrogen (secondary N) is 1. The number of amides is 1. The molecular formula is C11H13ClFNO. The average molecular weight is 230 g/mol. The first kappa shape index (κ1) is 12.0. The third kappa shape index (κ3) is 4.30. The summed E-state index contributed by atoms with van der Waals surface area (Å²) in [5.41, 5.74) is 0.859. The third-order valence-electron chi connectivity index (χ3n) is 1.96. The molecule has 0 aliphatic carbocycles. The van der Waals surface area contributed by atoms with Gasteiger partial charge in [-0.3, -0.25) is 4.79 Å². The van der Waals surface area contributed by atoms with Gasteiger partial charge in [-0.15, -0.1) is 11.6 Å². The Kier molecular flexibility index (Phi) is 4.56. The normalized spacial score (nSPS) is 12.2. The Morgan fingerprint density at radius 3 is 2.93 bits per heavy atom. The van der Waals surface area contributed by atoms with Gasteiger partial charge < -0.3 is 5.32 Å². The summed E-state index contributed by atoms with van der Waals surface area (Å²) < 4.78 is 12.8. The lowest BCUT2D eigenvalue weighted by atomic mass is 10.1. The molecule has 1 aromatic rings. The Morgan fingerprint density at radius 2 is 2.33 bits per heavy atom. The summed E-state index contributed by atoms with van der Waals surface area (Å²) in [6.07, 6.45) is 0.604. The van der Waals surface area contributed by atoms with E-state index in [4.69, 9.17) is 11.6 Å². The van der Waals surface area contributed by atoms with Gasteiger partial charge in [0.05, 0.1) is 0 Å². The molecule has 0 saturated heterocycles. The first-order valence-corrected chi connectivity index (χ1v) is 5.19. The number of rotatable bonds is 4. The minimum absolute atomic E-state index is 0.201. The minimum Gasteiger partial charge on any atom is -0.354 e. The van der Waals surface area contributed by atoms with E-state index in [1.807, 2.05) is 6.07 Å². The van der Waals surface area contributed by atoms with E-state index in [0.717, 1.165) is 5.56 Å². The molecule has 0 radical (unpaired) electrons. The second-order valence-electron chi connectivity index (χ2n) is 3.29. The molecule has 0 aliphatic heterocycles. The molecule has 0 aliphatic rings. The van der Waals surface area contributed by atoms with Gasteiger partial charge in [0.25, 0.3) is 0 Å². The number of hydrogen-bond acceptors (Lipinski definition) is 1. The molecule has 1 unspecified atom stereocenters. The van der Waals surface area contributed by atoms with Crippen molar-refractivity contribution in [3.8, 4) is 0 Å². The summed E-state index contributed by atoms with van der Waals surface area (Å²) in [7, 11) is 0. The Labute approximate surface area is 93.4 Å². The molecule has 0 heterocycles. The van der Waals surface area contributed by atoms with Crippen molar-refractivity contribution in [2.45, 2.75) is 18.7 Å². The summed E-state index contributed by atoms with van der Waals surface area (Å²) >= 11 is 5.56. The zero-order valence-electron chi connectivity index (χ0n) is 8.47. The molecule has 0 bridgehead atoms. The molecule has 15 heavy (non-hydrogen) atoms. The predicted molar refractivity (Wildman–Crippen MR) is 58.4 cm³/mol. The quantitative estimate of drug-likeness (QED) is 0.788.